The maximum absolute atomic E-state index is 11.5. The molecule has 3 heteroatoms. The van der Waals surface area contributed by atoms with Gasteiger partial charge >= 0.3 is 5.97 Å². The number of carbonyl (C=O) groups is 1. The Balaban J connectivity index is 2.56. The molecule has 18 heavy (non-hydrogen) atoms. The van der Waals surface area contributed by atoms with Crippen LogP contribution in [0.15, 0.2) is 24.3 Å². The van der Waals surface area contributed by atoms with Gasteiger partial charge in [0, 0.05) is 11.7 Å². The summed E-state index contributed by atoms with van der Waals surface area (Å²) in [5.74, 6) is -0.129. The van der Waals surface area contributed by atoms with Crippen molar-refractivity contribution in [2.75, 3.05) is 11.9 Å². The molecule has 1 aromatic carbocycles. The summed E-state index contributed by atoms with van der Waals surface area (Å²) in [5, 5.41) is 3.40. The van der Waals surface area contributed by atoms with E-state index in [9.17, 15) is 4.79 Å². The normalized spacial score (nSPS) is 11.9. The summed E-state index contributed by atoms with van der Waals surface area (Å²) in [6, 6.07) is 8.37. The maximum atomic E-state index is 11.5. The van der Waals surface area contributed by atoms with Gasteiger partial charge in [0.25, 0.3) is 0 Å². The summed E-state index contributed by atoms with van der Waals surface area (Å²) in [6.45, 7) is 6.46. The minimum absolute atomic E-state index is 0.129. The molecule has 1 aromatic rings. The number of nitrogens with one attached hydrogen (secondary N) is 1. The first-order valence-corrected chi connectivity index (χ1v) is 6.64. The summed E-state index contributed by atoms with van der Waals surface area (Å²) >= 11 is 0. The largest absolute Gasteiger partial charge is 0.466 e. The molecule has 0 amide bonds. The zero-order chi connectivity index (χ0) is 13.4. The third-order valence-electron chi connectivity index (χ3n) is 2.78. The number of aryl methyl sites for hydroxylation is 1. The smallest absolute Gasteiger partial charge is 0.307 e. The van der Waals surface area contributed by atoms with E-state index in [2.05, 4.69) is 31.3 Å². The highest BCUT2D eigenvalue weighted by Crippen LogP contribution is 2.14. The highest BCUT2D eigenvalue weighted by Gasteiger charge is 2.13. The third kappa shape index (κ3) is 5.21. The van der Waals surface area contributed by atoms with Crippen LogP contribution in [0.5, 0.6) is 0 Å². The van der Waals surface area contributed by atoms with Gasteiger partial charge in [0.2, 0.25) is 0 Å². The Labute approximate surface area is 110 Å². The second kappa shape index (κ2) is 7.75. The van der Waals surface area contributed by atoms with Gasteiger partial charge in [-0.15, -0.1) is 0 Å². The first kappa shape index (κ1) is 14.6. The van der Waals surface area contributed by atoms with Crippen molar-refractivity contribution in [2.45, 2.75) is 46.1 Å². The molecule has 0 fully saturated rings. The van der Waals surface area contributed by atoms with E-state index in [4.69, 9.17) is 4.74 Å². The van der Waals surface area contributed by atoms with Gasteiger partial charge in [-0.05, 0) is 32.4 Å². The van der Waals surface area contributed by atoms with Gasteiger partial charge < -0.3 is 10.1 Å². The van der Waals surface area contributed by atoms with Crippen LogP contribution in [-0.4, -0.2) is 18.6 Å². The van der Waals surface area contributed by atoms with Gasteiger partial charge in [0.05, 0.1) is 13.0 Å². The molecule has 1 rings (SSSR count). The summed E-state index contributed by atoms with van der Waals surface area (Å²) in [7, 11) is 0. The van der Waals surface area contributed by atoms with E-state index in [-0.39, 0.29) is 12.0 Å². The van der Waals surface area contributed by atoms with Crippen molar-refractivity contribution < 1.29 is 9.53 Å². The van der Waals surface area contributed by atoms with Gasteiger partial charge in [-0.25, -0.2) is 0 Å². The van der Waals surface area contributed by atoms with E-state index in [1.165, 1.54) is 5.56 Å². The van der Waals surface area contributed by atoms with E-state index in [1.54, 1.807) is 0 Å². The van der Waals surface area contributed by atoms with Crippen LogP contribution in [-0.2, 0) is 9.53 Å². The van der Waals surface area contributed by atoms with Crippen molar-refractivity contribution in [2.24, 2.45) is 0 Å². The fourth-order valence-electron chi connectivity index (χ4n) is 1.88. The van der Waals surface area contributed by atoms with E-state index in [1.807, 2.05) is 19.1 Å². The summed E-state index contributed by atoms with van der Waals surface area (Å²) in [5.41, 5.74) is 2.29. The second-order valence-electron chi connectivity index (χ2n) is 4.51. The minimum Gasteiger partial charge on any atom is -0.466 e. The molecule has 0 bridgehead atoms. The molecular weight excluding hydrogens is 226 g/mol. The average molecular weight is 249 g/mol. The van der Waals surface area contributed by atoms with Gasteiger partial charge in [0.1, 0.15) is 0 Å². The summed E-state index contributed by atoms with van der Waals surface area (Å²) < 4.78 is 5.00. The van der Waals surface area contributed by atoms with Crippen molar-refractivity contribution in [3.05, 3.63) is 29.8 Å². The Morgan fingerprint density at radius 1 is 1.28 bits per heavy atom. The highest BCUT2D eigenvalue weighted by atomic mass is 16.5. The van der Waals surface area contributed by atoms with Crippen LogP contribution < -0.4 is 5.32 Å². The molecule has 0 saturated heterocycles. The lowest BCUT2D eigenvalue weighted by molar-refractivity contribution is -0.143. The molecule has 0 aliphatic rings. The second-order valence-corrected chi connectivity index (χ2v) is 4.51. The third-order valence-corrected chi connectivity index (χ3v) is 2.78. The van der Waals surface area contributed by atoms with Crippen molar-refractivity contribution >= 4 is 11.7 Å². The number of ether oxygens (including phenoxy) is 1. The van der Waals surface area contributed by atoms with Crippen molar-refractivity contribution in [1.82, 2.24) is 0 Å². The van der Waals surface area contributed by atoms with Crippen LogP contribution in [0.4, 0.5) is 5.69 Å². The van der Waals surface area contributed by atoms with Crippen molar-refractivity contribution in [3.63, 3.8) is 0 Å². The van der Waals surface area contributed by atoms with Crippen molar-refractivity contribution in [1.29, 1.82) is 0 Å². The van der Waals surface area contributed by atoms with Gasteiger partial charge in [-0.3, -0.25) is 4.79 Å². The summed E-state index contributed by atoms with van der Waals surface area (Å²) in [6.07, 6.45) is 2.44. The van der Waals surface area contributed by atoms with Gasteiger partial charge in [0.15, 0.2) is 0 Å². The molecule has 1 unspecified atom stereocenters. The molecule has 0 aromatic heterocycles. The number of rotatable bonds is 7. The van der Waals surface area contributed by atoms with Crippen molar-refractivity contribution in [3.8, 4) is 0 Å². The Kier molecular flexibility index (Phi) is 6.26. The number of hydrogen-bond acceptors (Lipinski definition) is 3. The number of hydrogen-bond donors (Lipinski definition) is 1. The number of benzene rings is 1. The molecule has 1 N–H and O–H groups in total. The lowest BCUT2D eigenvalue weighted by Gasteiger charge is -2.18. The highest BCUT2D eigenvalue weighted by molar-refractivity contribution is 5.70. The Morgan fingerprint density at radius 2 is 1.94 bits per heavy atom. The quantitative estimate of drug-likeness (QED) is 0.751. The molecule has 0 saturated carbocycles. The molecular formula is C15H23NO2. The lowest BCUT2D eigenvalue weighted by Crippen LogP contribution is -2.24. The van der Waals surface area contributed by atoms with E-state index in [0.29, 0.717) is 13.0 Å². The standard InChI is InChI=1S/C15H23NO2/c1-4-6-14(11-15(17)18-5-2)16-13-9-7-12(3)8-10-13/h7-10,14,16H,4-6,11H2,1-3H3. The fraction of sp³-hybridized carbons (Fsp3) is 0.533. The number of esters is 1. The lowest BCUT2D eigenvalue weighted by atomic mass is 10.1. The molecule has 3 nitrogen and oxygen atoms in total. The van der Waals surface area contributed by atoms with Crippen LogP contribution in [0.1, 0.15) is 38.7 Å². The van der Waals surface area contributed by atoms with Crippen LogP contribution in [0.25, 0.3) is 0 Å². The Bertz CT molecular complexity index is 359. The predicted molar refractivity (Wildman–Crippen MR) is 74.7 cm³/mol. The van der Waals surface area contributed by atoms with Gasteiger partial charge in [-0.2, -0.15) is 0 Å². The van der Waals surface area contributed by atoms with E-state index in [0.717, 1.165) is 18.5 Å². The molecule has 0 aliphatic heterocycles. The predicted octanol–water partition coefficient (Wildman–Crippen LogP) is 3.53. The molecule has 0 spiro atoms. The first-order valence-electron chi connectivity index (χ1n) is 6.64. The van der Waals surface area contributed by atoms with E-state index < -0.39 is 0 Å². The van der Waals surface area contributed by atoms with E-state index >= 15 is 0 Å². The number of anilines is 1. The van der Waals surface area contributed by atoms with Crippen LogP contribution in [0, 0.1) is 6.92 Å². The molecule has 0 aliphatic carbocycles. The maximum Gasteiger partial charge on any atom is 0.307 e. The molecule has 1 atom stereocenters. The van der Waals surface area contributed by atoms with Gasteiger partial charge in [-0.1, -0.05) is 31.0 Å². The fourth-order valence-corrected chi connectivity index (χ4v) is 1.88. The SMILES string of the molecule is CCCC(CC(=O)OCC)Nc1ccc(C)cc1. The Morgan fingerprint density at radius 3 is 2.50 bits per heavy atom. The Hall–Kier alpha value is -1.51. The first-order chi connectivity index (χ1) is 8.65. The number of carbonyl (C=O) groups excluding carboxylic acids is 1. The van der Waals surface area contributed by atoms with Crippen LogP contribution >= 0.6 is 0 Å². The topological polar surface area (TPSA) is 38.3 Å². The zero-order valence-corrected chi connectivity index (χ0v) is 11.5. The molecule has 0 heterocycles. The van der Waals surface area contributed by atoms with Crippen LogP contribution in [0.3, 0.4) is 0 Å². The molecule has 100 valence electrons. The zero-order valence-electron chi connectivity index (χ0n) is 11.5. The average Bonchev–Trinajstić information content (AvgIpc) is 2.32. The molecule has 0 radical (unpaired) electrons. The minimum atomic E-state index is -0.129. The van der Waals surface area contributed by atoms with Crippen LogP contribution in [0.2, 0.25) is 0 Å². The summed E-state index contributed by atoms with van der Waals surface area (Å²) in [4.78, 5) is 11.5. The monoisotopic (exact) mass is 249 g/mol.